The number of aromatic nitrogens is 4. The highest BCUT2D eigenvalue weighted by Gasteiger charge is 2.15. The Labute approximate surface area is 321 Å². The van der Waals surface area contributed by atoms with Crippen LogP contribution in [0.1, 0.15) is 0 Å². The van der Waals surface area contributed by atoms with E-state index in [2.05, 4.69) is 158 Å². The van der Waals surface area contributed by atoms with Gasteiger partial charge in [0.2, 0.25) is 0 Å². The van der Waals surface area contributed by atoms with E-state index in [4.69, 9.17) is 19.9 Å². The minimum absolute atomic E-state index is 0.711. The molecule has 0 spiro atoms. The van der Waals surface area contributed by atoms with Crippen molar-refractivity contribution in [1.82, 2.24) is 19.9 Å². The highest BCUT2D eigenvalue weighted by Crippen LogP contribution is 2.40. The first kappa shape index (κ1) is 31.4. The molecule has 7 aromatic carbocycles. The number of pyridine rings is 2. The third-order valence-corrected chi connectivity index (χ3v) is 11.7. The first-order valence-corrected chi connectivity index (χ1v) is 19.2. The minimum atomic E-state index is 0.711. The molecule has 4 aromatic heterocycles. The van der Waals surface area contributed by atoms with Crippen LogP contribution in [0.25, 0.3) is 109 Å². The molecule has 0 aliphatic rings. The Morgan fingerprint density at radius 3 is 1.80 bits per heavy atom. The van der Waals surface area contributed by atoms with Crippen LogP contribution in [0.4, 0.5) is 0 Å². The van der Waals surface area contributed by atoms with Crippen molar-refractivity contribution in [2.24, 2.45) is 0 Å². The van der Waals surface area contributed by atoms with Crippen molar-refractivity contribution < 1.29 is 0 Å². The quantitative estimate of drug-likeness (QED) is 0.166. The van der Waals surface area contributed by atoms with Crippen LogP contribution < -0.4 is 0 Å². The van der Waals surface area contributed by atoms with E-state index >= 15 is 0 Å². The van der Waals surface area contributed by atoms with Crippen LogP contribution in [0.15, 0.2) is 182 Å². The molecule has 11 aromatic rings. The monoisotopic (exact) mass is 718 g/mol. The Hall–Kier alpha value is -7.08. The molecule has 5 heteroatoms. The molecular formula is C50H30N4S. The van der Waals surface area contributed by atoms with Crippen molar-refractivity contribution in [1.29, 1.82) is 0 Å². The molecule has 0 radical (unpaired) electrons. The van der Waals surface area contributed by atoms with Crippen LogP contribution in [0.2, 0.25) is 0 Å². The van der Waals surface area contributed by atoms with E-state index in [9.17, 15) is 0 Å². The molecule has 4 heterocycles. The zero-order chi connectivity index (χ0) is 36.3. The summed E-state index contributed by atoms with van der Waals surface area (Å²) in [6.45, 7) is 0. The number of rotatable bonds is 5. The summed E-state index contributed by atoms with van der Waals surface area (Å²) in [6, 6.07) is 63.7. The molecule has 0 atom stereocenters. The van der Waals surface area contributed by atoms with Gasteiger partial charge in [-0.2, -0.15) is 0 Å². The first-order chi connectivity index (χ1) is 27.2. The maximum absolute atomic E-state index is 5.31. The van der Waals surface area contributed by atoms with E-state index in [-0.39, 0.29) is 0 Å². The third kappa shape index (κ3) is 5.44. The summed E-state index contributed by atoms with van der Waals surface area (Å²) in [5, 5.41) is 5.71. The Balaban J connectivity index is 1.01. The number of thiophene rings is 1. The summed E-state index contributed by atoms with van der Waals surface area (Å²) in [6.07, 6.45) is 0. The molecule has 0 saturated heterocycles. The number of hydrogen-bond acceptors (Lipinski definition) is 5. The standard InChI is InChI=1S/C50H30N4S/c1-3-11-31(12-4-1)46-40-26-23-36(30-44(40)53-50(54-46)34-13-5-2-6-14-34)35-15-9-16-37(29-35)42-27-24-32-21-22-33-25-28-43(52-48(33)47(32)51-42)41-19-10-18-39-38-17-7-8-20-45(38)55-49(39)41/h1-30H. The second-order valence-corrected chi connectivity index (χ2v) is 14.9. The lowest BCUT2D eigenvalue weighted by Gasteiger charge is -2.12. The van der Waals surface area contributed by atoms with Crippen LogP contribution in [-0.4, -0.2) is 19.9 Å². The van der Waals surface area contributed by atoms with E-state index in [0.717, 1.165) is 83.2 Å². The summed E-state index contributed by atoms with van der Waals surface area (Å²) in [7, 11) is 0. The maximum Gasteiger partial charge on any atom is 0.160 e. The summed E-state index contributed by atoms with van der Waals surface area (Å²) in [5.41, 5.74) is 11.9. The van der Waals surface area contributed by atoms with Crippen molar-refractivity contribution in [2.75, 3.05) is 0 Å². The molecule has 55 heavy (non-hydrogen) atoms. The zero-order valence-electron chi connectivity index (χ0n) is 29.5. The fourth-order valence-electron chi connectivity index (χ4n) is 7.73. The van der Waals surface area contributed by atoms with E-state index in [1.54, 1.807) is 0 Å². The Bertz CT molecular complexity index is 3260. The van der Waals surface area contributed by atoms with Crippen LogP contribution in [0.3, 0.4) is 0 Å². The normalized spacial score (nSPS) is 11.6. The highest BCUT2D eigenvalue weighted by atomic mass is 32.1. The van der Waals surface area contributed by atoms with E-state index in [1.807, 2.05) is 35.6 Å². The Morgan fingerprint density at radius 2 is 0.982 bits per heavy atom. The third-order valence-electron chi connectivity index (χ3n) is 10.5. The van der Waals surface area contributed by atoms with Gasteiger partial charge in [-0.15, -0.1) is 11.3 Å². The second kappa shape index (κ2) is 12.8. The van der Waals surface area contributed by atoms with Gasteiger partial charge in [0.15, 0.2) is 5.82 Å². The van der Waals surface area contributed by atoms with E-state index in [1.165, 1.54) is 20.2 Å². The lowest BCUT2D eigenvalue weighted by Crippen LogP contribution is -1.95. The molecule has 11 rings (SSSR count). The van der Waals surface area contributed by atoms with Crippen molar-refractivity contribution in [3.05, 3.63) is 182 Å². The Kier molecular flexibility index (Phi) is 7.32. The van der Waals surface area contributed by atoms with Gasteiger partial charge in [-0.25, -0.2) is 19.9 Å². The maximum atomic E-state index is 5.31. The van der Waals surface area contributed by atoms with Gasteiger partial charge < -0.3 is 0 Å². The van der Waals surface area contributed by atoms with E-state index < -0.39 is 0 Å². The van der Waals surface area contributed by atoms with E-state index in [0.29, 0.717) is 5.82 Å². The van der Waals surface area contributed by atoms with Crippen molar-refractivity contribution in [3.63, 3.8) is 0 Å². The van der Waals surface area contributed by atoms with Crippen LogP contribution >= 0.6 is 11.3 Å². The molecule has 0 fully saturated rings. The van der Waals surface area contributed by atoms with Crippen LogP contribution in [0, 0.1) is 0 Å². The average molecular weight is 719 g/mol. The highest BCUT2D eigenvalue weighted by molar-refractivity contribution is 7.26. The smallest absolute Gasteiger partial charge is 0.160 e. The van der Waals surface area contributed by atoms with Crippen molar-refractivity contribution >= 4 is 64.2 Å². The van der Waals surface area contributed by atoms with Gasteiger partial charge in [0.25, 0.3) is 0 Å². The topological polar surface area (TPSA) is 51.6 Å². The molecule has 4 nitrogen and oxygen atoms in total. The van der Waals surface area contributed by atoms with Gasteiger partial charge in [-0.1, -0.05) is 146 Å². The molecule has 0 amide bonds. The lowest BCUT2D eigenvalue weighted by atomic mass is 9.98. The number of hydrogen-bond donors (Lipinski definition) is 0. The van der Waals surface area contributed by atoms with Gasteiger partial charge >= 0.3 is 0 Å². The van der Waals surface area contributed by atoms with Gasteiger partial charge in [0, 0.05) is 58.6 Å². The zero-order valence-corrected chi connectivity index (χ0v) is 30.3. The van der Waals surface area contributed by atoms with Gasteiger partial charge in [-0.3, -0.25) is 0 Å². The van der Waals surface area contributed by atoms with Crippen LogP contribution in [-0.2, 0) is 0 Å². The summed E-state index contributed by atoms with van der Waals surface area (Å²) in [5.74, 6) is 0.711. The molecule has 256 valence electrons. The molecule has 0 bridgehead atoms. The molecule has 0 aliphatic carbocycles. The number of fused-ring (bicyclic) bond motifs is 7. The molecular weight excluding hydrogens is 689 g/mol. The molecule has 0 saturated carbocycles. The summed E-state index contributed by atoms with van der Waals surface area (Å²) < 4.78 is 2.55. The molecule has 0 unspecified atom stereocenters. The van der Waals surface area contributed by atoms with Crippen LogP contribution in [0.5, 0.6) is 0 Å². The van der Waals surface area contributed by atoms with Crippen molar-refractivity contribution in [3.8, 4) is 56.3 Å². The Morgan fingerprint density at radius 1 is 0.364 bits per heavy atom. The van der Waals surface area contributed by atoms with Gasteiger partial charge in [0.1, 0.15) is 0 Å². The lowest BCUT2D eigenvalue weighted by molar-refractivity contribution is 1.23. The molecule has 0 aliphatic heterocycles. The van der Waals surface area contributed by atoms with Gasteiger partial charge in [0.05, 0.1) is 33.6 Å². The van der Waals surface area contributed by atoms with Gasteiger partial charge in [-0.05, 0) is 47.5 Å². The molecule has 0 N–H and O–H groups in total. The fourth-order valence-corrected chi connectivity index (χ4v) is 8.95. The fraction of sp³-hybridized carbons (Fsp3) is 0. The second-order valence-electron chi connectivity index (χ2n) is 13.8. The number of nitrogens with zero attached hydrogens (tertiary/aromatic N) is 4. The predicted octanol–water partition coefficient (Wildman–Crippen LogP) is 13.4. The summed E-state index contributed by atoms with van der Waals surface area (Å²) >= 11 is 1.83. The summed E-state index contributed by atoms with van der Waals surface area (Å²) in [4.78, 5) is 20.8. The first-order valence-electron chi connectivity index (χ1n) is 18.4. The number of benzene rings is 7. The van der Waals surface area contributed by atoms with Crippen molar-refractivity contribution in [2.45, 2.75) is 0 Å². The largest absolute Gasteiger partial charge is 0.245 e. The predicted molar refractivity (Wildman–Crippen MR) is 230 cm³/mol. The minimum Gasteiger partial charge on any atom is -0.245 e. The average Bonchev–Trinajstić information content (AvgIpc) is 3.65. The SMILES string of the molecule is c1ccc(-c2nc(-c3ccccc3)c3ccc(-c4cccc(-c5ccc6ccc7ccc(-c8cccc9c8sc8ccccc89)nc7c6n5)c4)cc3n2)cc1.